The largest absolute Gasteiger partial charge is 0.300 e. The number of carbonyl (C=O) groups excluding carboxylic acids is 1. The van der Waals surface area contributed by atoms with Crippen LogP contribution in [-0.2, 0) is 4.79 Å². The Kier molecular flexibility index (Phi) is 2.43. The van der Waals surface area contributed by atoms with Gasteiger partial charge in [0.05, 0.1) is 10.8 Å². The summed E-state index contributed by atoms with van der Waals surface area (Å²) < 4.78 is 0. The highest BCUT2D eigenvalue weighted by Crippen LogP contribution is 2.48. The van der Waals surface area contributed by atoms with E-state index in [1.165, 1.54) is 0 Å². The molecule has 0 saturated carbocycles. The van der Waals surface area contributed by atoms with Crippen LogP contribution < -0.4 is 0 Å². The highest BCUT2D eigenvalue weighted by molar-refractivity contribution is 5.93. The molecular weight excluding hydrogens is 212 g/mol. The highest BCUT2D eigenvalue weighted by Gasteiger charge is 2.60. The van der Waals surface area contributed by atoms with Crippen LogP contribution in [0.3, 0.4) is 0 Å². The van der Waals surface area contributed by atoms with Crippen LogP contribution >= 0.6 is 0 Å². The Balaban J connectivity index is 2.06. The number of rotatable bonds is 2. The van der Waals surface area contributed by atoms with Gasteiger partial charge in [-0.15, -0.1) is 0 Å². The summed E-state index contributed by atoms with van der Waals surface area (Å²) in [6, 6.07) is 0. The Morgan fingerprint density at radius 1 is 1.18 bits per heavy atom. The molecule has 3 nitrogen and oxygen atoms in total. The highest BCUT2D eigenvalue weighted by atomic mass is 16.1. The number of hydrogen-bond donors (Lipinski definition) is 0. The van der Waals surface area contributed by atoms with Gasteiger partial charge in [0.15, 0.2) is 0 Å². The first-order valence-electron chi connectivity index (χ1n) is 7.00. The van der Waals surface area contributed by atoms with Crippen molar-refractivity contribution in [2.45, 2.75) is 27.2 Å². The van der Waals surface area contributed by atoms with Gasteiger partial charge < -0.3 is 0 Å². The Morgan fingerprint density at radius 3 is 2.18 bits per heavy atom. The number of carbonyl (C=O) groups is 1. The molecule has 4 saturated heterocycles. The van der Waals surface area contributed by atoms with Crippen LogP contribution in [-0.4, -0.2) is 54.9 Å². The first kappa shape index (κ1) is 11.7. The molecule has 4 fully saturated rings. The fourth-order valence-electron chi connectivity index (χ4n) is 4.41. The van der Waals surface area contributed by atoms with E-state index in [9.17, 15) is 4.79 Å². The third kappa shape index (κ3) is 1.45. The van der Waals surface area contributed by atoms with Gasteiger partial charge in [-0.25, -0.2) is 0 Å². The van der Waals surface area contributed by atoms with Crippen molar-refractivity contribution in [2.75, 3.05) is 39.3 Å². The summed E-state index contributed by atoms with van der Waals surface area (Å²) in [5.41, 5.74) is -0.174. The van der Waals surface area contributed by atoms with Crippen LogP contribution in [0.2, 0.25) is 0 Å². The number of nitrogens with zero attached hydrogens (tertiary/aromatic N) is 2. The average molecular weight is 236 g/mol. The molecule has 4 bridgehead atoms. The van der Waals surface area contributed by atoms with E-state index in [1.807, 2.05) is 0 Å². The molecule has 0 aliphatic carbocycles. The van der Waals surface area contributed by atoms with Gasteiger partial charge in [0.2, 0.25) is 0 Å². The van der Waals surface area contributed by atoms with Gasteiger partial charge >= 0.3 is 0 Å². The van der Waals surface area contributed by atoms with E-state index < -0.39 is 0 Å². The van der Waals surface area contributed by atoms with E-state index in [0.717, 1.165) is 45.7 Å². The van der Waals surface area contributed by atoms with Crippen LogP contribution in [0.1, 0.15) is 27.2 Å². The molecular formula is C14H24N2O. The minimum absolute atomic E-state index is 0.0729. The molecule has 0 aromatic heterocycles. The number of fused-ring (bicyclic) bond motifs is 1. The molecule has 0 spiro atoms. The zero-order chi connectivity index (χ0) is 12.3. The average Bonchev–Trinajstić information content (AvgIpc) is 2.51. The molecule has 0 aromatic carbocycles. The predicted molar refractivity (Wildman–Crippen MR) is 67.9 cm³/mol. The van der Waals surface area contributed by atoms with Crippen molar-refractivity contribution < 1.29 is 4.79 Å². The van der Waals surface area contributed by atoms with E-state index in [2.05, 4.69) is 30.6 Å². The summed E-state index contributed by atoms with van der Waals surface area (Å²) in [6.07, 6.45) is 1.11. The third-order valence-electron chi connectivity index (χ3n) is 5.45. The summed E-state index contributed by atoms with van der Waals surface area (Å²) in [5, 5.41) is 0. The quantitative estimate of drug-likeness (QED) is 0.721. The lowest BCUT2D eigenvalue weighted by atomic mass is 9.58. The van der Waals surface area contributed by atoms with Gasteiger partial charge in [-0.3, -0.25) is 14.6 Å². The topological polar surface area (TPSA) is 23.6 Å². The minimum atomic E-state index is -0.101. The lowest BCUT2D eigenvalue weighted by molar-refractivity contribution is -0.159. The maximum Gasteiger partial charge on any atom is 0.150 e. The molecule has 4 heterocycles. The maximum atomic E-state index is 12.9. The molecule has 3 atom stereocenters. The SMILES string of the molecule is CC[C@H](C)C12CN3CCN(CC(C)(C3)C1=O)C2. The monoisotopic (exact) mass is 236 g/mol. The smallest absolute Gasteiger partial charge is 0.150 e. The van der Waals surface area contributed by atoms with Crippen molar-refractivity contribution in [3.8, 4) is 0 Å². The summed E-state index contributed by atoms with van der Waals surface area (Å²) in [6.45, 7) is 13.0. The maximum absolute atomic E-state index is 12.9. The first-order chi connectivity index (χ1) is 8.00. The van der Waals surface area contributed by atoms with Gasteiger partial charge in [-0.2, -0.15) is 0 Å². The third-order valence-corrected chi connectivity index (χ3v) is 5.45. The van der Waals surface area contributed by atoms with Crippen LogP contribution in [0, 0.1) is 16.7 Å². The van der Waals surface area contributed by atoms with Crippen molar-refractivity contribution in [2.24, 2.45) is 16.7 Å². The number of piperidine rings is 2. The number of ketones is 1. The molecule has 2 unspecified atom stereocenters. The molecule has 4 aliphatic heterocycles. The molecule has 0 radical (unpaired) electrons. The van der Waals surface area contributed by atoms with Gasteiger partial charge in [-0.1, -0.05) is 27.2 Å². The lowest BCUT2D eigenvalue weighted by Crippen LogP contribution is -2.68. The molecule has 96 valence electrons. The number of Topliss-reactive ketones (excluding diaryl/α,β-unsaturated/α-hetero) is 1. The van der Waals surface area contributed by atoms with E-state index >= 15 is 0 Å². The molecule has 0 N–H and O–H groups in total. The Hall–Kier alpha value is -0.410. The normalized spacial score (nSPS) is 50.4. The molecule has 0 aromatic rings. The Morgan fingerprint density at radius 2 is 1.71 bits per heavy atom. The van der Waals surface area contributed by atoms with Crippen molar-refractivity contribution in [3.05, 3.63) is 0 Å². The van der Waals surface area contributed by atoms with E-state index in [4.69, 9.17) is 0 Å². The standard InChI is InChI=1S/C14H24N2O/c1-4-11(2)14-9-15-5-6-16(10-14)8-13(3,7-15)12(14)17/h11H,4-10H2,1-3H3/t11-,13?,14?/m0/s1. The summed E-state index contributed by atoms with van der Waals surface area (Å²) in [4.78, 5) is 18.0. The van der Waals surface area contributed by atoms with Gasteiger partial charge in [0.25, 0.3) is 0 Å². The van der Waals surface area contributed by atoms with Crippen molar-refractivity contribution in [3.63, 3.8) is 0 Å². The van der Waals surface area contributed by atoms with E-state index in [1.54, 1.807) is 0 Å². The molecule has 0 amide bonds. The van der Waals surface area contributed by atoms with Gasteiger partial charge in [-0.05, 0) is 5.92 Å². The van der Waals surface area contributed by atoms with Crippen molar-refractivity contribution >= 4 is 5.78 Å². The zero-order valence-corrected chi connectivity index (χ0v) is 11.3. The Labute approximate surface area is 104 Å². The second-order valence-corrected chi connectivity index (χ2v) is 6.78. The molecule has 17 heavy (non-hydrogen) atoms. The molecule has 3 heteroatoms. The zero-order valence-electron chi connectivity index (χ0n) is 11.3. The van der Waals surface area contributed by atoms with Crippen LogP contribution in [0.5, 0.6) is 0 Å². The summed E-state index contributed by atoms with van der Waals surface area (Å²) >= 11 is 0. The number of hydrogen-bond acceptors (Lipinski definition) is 3. The second-order valence-electron chi connectivity index (χ2n) is 6.78. The lowest BCUT2D eigenvalue weighted by Gasteiger charge is -2.55. The van der Waals surface area contributed by atoms with E-state index in [0.29, 0.717) is 11.7 Å². The van der Waals surface area contributed by atoms with Crippen LogP contribution in [0.25, 0.3) is 0 Å². The first-order valence-corrected chi connectivity index (χ1v) is 7.00. The summed E-state index contributed by atoms with van der Waals surface area (Å²) in [7, 11) is 0. The second kappa shape index (κ2) is 3.55. The summed E-state index contributed by atoms with van der Waals surface area (Å²) in [5.74, 6) is 1.08. The van der Waals surface area contributed by atoms with E-state index in [-0.39, 0.29) is 10.8 Å². The fourth-order valence-corrected chi connectivity index (χ4v) is 4.41. The fraction of sp³-hybridized carbons (Fsp3) is 0.929. The van der Waals surface area contributed by atoms with Crippen molar-refractivity contribution in [1.29, 1.82) is 0 Å². The van der Waals surface area contributed by atoms with Gasteiger partial charge in [0.1, 0.15) is 5.78 Å². The Bertz CT molecular complexity index is 336. The van der Waals surface area contributed by atoms with Crippen molar-refractivity contribution in [1.82, 2.24) is 9.80 Å². The predicted octanol–water partition coefficient (Wildman–Crippen LogP) is 1.24. The van der Waals surface area contributed by atoms with Crippen LogP contribution in [0.15, 0.2) is 0 Å². The molecule has 4 aliphatic rings. The molecule has 4 rings (SSSR count). The van der Waals surface area contributed by atoms with Gasteiger partial charge in [0, 0.05) is 39.3 Å². The minimum Gasteiger partial charge on any atom is -0.300 e. The van der Waals surface area contributed by atoms with Crippen LogP contribution in [0.4, 0.5) is 0 Å².